The third-order valence-electron chi connectivity index (χ3n) is 2.37. The van der Waals surface area contributed by atoms with Crippen LogP contribution < -0.4 is 5.32 Å². The van der Waals surface area contributed by atoms with Gasteiger partial charge in [-0.2, -0.15) is 0 Å². The molecule has 2 aromatic rings. The van der Waals surface area contributed by atoms with Gasteiger partial charge < -0.3 is 5.32 Å². The maximum Gasteiger partial charge on any atom is 0.311 e. The fraction of sp³-hybridized carbons (Fsp3) is 0.182. The van der Waals surface area contributed by atoms with Gasteiger partial charge in [0.1, 0.15) is 0 Å². The molecule has 0 spiro atoms. The summed E-state index contributed by atoms with van der Waals surface area (Å²) in [5.74, 6) is 0.310. The van der Waals surface area contributed by atoms with Crippen molar-refractivity contribution in [3.05, 3.63) is 50.3 Å². The molecule has 88 valence electrons. The normalized spacial score (nSPS) is 10.2. The smallest absolute Gasteiger partial charge is 0.311 e. The van der Waals surface area contributed by atoms with Crippen molar-refractivity contribution in [3.8, 4) is 0 Å². The number of aryl methyl sites for hydroxylation is 1. The van der Waals surface area contributed by atoms with Gasteiger partial charge in [-0.15, -0.1) is 11.3 Å². The maximum absolute atomic E-state index is 10.8. The Balaban J connectivity index is 2.14. The number of nitro groups is 1. The molecule has 0 aromatic carbocycles. The molecule has 2 heterocycles. The summed E-state index contributed by atoms with van der Waals surface area (Å²) < 4.78 is 0. The molecule has 0 unspecified atom stereocenters. The molecule has 0 bridgehead atoms. The van der Waals surface area contributed by atoms with E-state index in [2.05, 4.69) is 10.3 Å². The lowest BCUT2D eigenvalue weighted by Gasteiger charge is -2.05. The number of hydrogen-bond donors (Lipinski definition) is 1. The van der Waals surface area contributed by atoms with Gasteiger partial charge in [0.25, 0.3) is 0 Å². The molecule has 17 heavy (non-hydrogen) atoms. The van der Waals surface area contributed by atoms with Crippen molar-refractivity contribution in [2.75, 3.05) is 5.32 Å². The monoisotopic (exact) mass is 249 g/mol. The molecule has 5 nitrogen and oxygen atoms in total. The second-order valence-electron chi connectivity index (χ2n) is 3.51. The number of nitrogens with one attached hydrogen (secondary N) is 1. The highest BCUT2D eigenvalue weighted by atomic mass is 32.1. The lowest BCUT2D eigenvalue weighted by molar-refractivity contribution is -0.384. The Morgan fingerprint density at radius 2 is 2.35 bits per heavy atom. The molecular weight excluding hydrogens is 238 g/mol. The third kappa shape index (κ3) is 2.59. The first-order chi connectivity index (χ1) is 8.18. The van der Waals surface area contributed by atoms with Crippen molar-refractivity contribution in [3.63, 3.8) is 0 Å². The molecule has 0 atom stereocenters. The number of anilines is 1. The molecule has 0 amide bonds. The van der Waals surface area contributed by atoms with Gasteiger partial charge >= 0.3 is 5.69 Å². The summed E-state index contributed by atoms with van der Waals surface area (Å²) in [6.45, 7) is 2.57. The largest absolute Gasteiger partial charge is 0.359 e. The van der Waals surface area contributed by atoms with E-state index in [0.29, 0.717) is 12.4 Å². The quantitative estimate of drug-likeness (QED) is 0.668. The van der Waals surface area contributed by atoms with Gasteiger partial charge in [-0.25, -0.2) is 4.98 Å². The van der Waals surface area contributed by atoms with Crippen molar-refractivity contribution in [2.24, 2.45) is 0 Å². The van der Waals surface area contributed by atoms with E-state index < -0.39 is 4.92 Å². The first kappa shape index (κ1) is 11.5. The second-order valence-corrected chi connectivity index (χ2v) is 4.51. The molecule has 0 aliphatic carbocycles. The summed E-state index contributed by atoms with van der Waals surface area (Å²) in [7, 11) is 0. The zero-order chi connectivity index (χ0) is 12.3. The maximum atomic E-state index is 10.8. The summed E-state index contributed by atoms with van der Waals surface area (Å²) in [6, 6.07) is 5.02. The predicted molar refractivity (Wildman–Crippen MR) is 67.3 cm³/mol. The first-order valence-electron chi connectivity index (χ1n) is 5.04. The summed E-state index contributed by atoms with van der Waals surface area (Å²) in [4.78, 5) is 15.5. The van der Waals surface area contributed by atoms with Gasteiger partial charge in [0.05, 0.1) is 11.5 Å². The molecule has 0 aliphatic heterocycles. The Bertz CT molecular complexity index is 539. The molecule has 1 N–H and O–H groups in total. The van der Waals surface area contributed by atoms with Crippen LogP contribution in [0.5, 0.6) is 0 Å². The van der Waals surface area contributed by atoms with Crippen LogP contribution in [-0.4, -0.2) is 9.91 Å². The Morgan fingerprint density at radius 3 is 3.00 bits per heavy atom. The zero-order valence-electron chi connectivity index (χ0n) is 9.21. The number of thiophene rings is 1. The number of nitrogens with zero attached hydrogens (tertiary/aromatic N) is 2. The van der Waals surface area contributed by atoms with Crippen LogP contribution in [0.25, 0.3) is 0 Å². The number of aromatic nitrogens is 1. The summed E-state index contributed by atoms with van der Waals surface area (Å²) in [6.07, 6.45) is 1.54. The summed E-state index contributed by atoms with van der Waals surface area (Å²) in [5, 5.41) is 15.8. The number of hydrogen-bond acceptors (Lipinski definition) is 5. The van der Waals surface area contributed by atoms with Gasteiger partial charge in [-0.3, -0.25) is 10.1 Å². The highest BCUT2D eigenvalue weighted by Gasteiger charge is 2.13. The van der Waals surface area contributed by atoms with Crippen LogP contribution in [0, 0.1) is 17.0 Å². The van der Waals surface area contributed by atoms with Gasteiger partial charge in [0, 0.05) is 17.1 Å². The van der Waals surface area contributed by atoms with Crippen LogP contribution in [-0.2, 0) is 6.54 Å². The van der Waals surface area contributed by atoms with E-state index in [9.17, 15) is 10.1 Å². The lowest BCUT2D eigenvalue weighted by atomic mass is 10.3. The number of pyridine rings is 1. The molecule has 0 aliphatic rings. The fourth-order valence-corrected chi connectivity index (χ4v) is 2.28. The minimum absolute atomic E-state index is 0.00158. The summed E-state index contributed by atoms with van der Waals surface area (Å²) in [5.41, 5.74) is 1.18. The molecule has 0 radical (unpaired) electrons. The van der Waals surface area contributed by atoms with Gasteiger partial charge in [0.15, 0.2) is 0 Å². The van der Waals surface area contributed by atoms with E-state index in [0.717, 1.165) is 4.88 Å². The zero-order valence-corrected chi connectivity index (χ0v) is 10.0. The van der Waals surface area contributed by atoms with Crippen LogP contribution >= 0.6 is 11.3 Å². The van der Waals surface area contributed by atoms with Crippen molar-refractivity contribution in [1.82, 2.24) is 4.98 Å². The fourth-order valence-electron chi connectivity index (χ4n) is 1.43. The van der Waals surface area contributed by atoms with Crippen LogP contribution in [0.1, 0.15) is 10.4 Å². The van der Waals surface area contributed by atoms with Crippen molar-refractivity contribution < 1.29 is 4.92 Å². The average molecular weight is 249 g/mol. The van der Waals surface area contributed by atoms with Gasteiger partial charge in [-0.05, 0) is 30.0 Å². The van der Waals surface area contributed by atoms with Crippen LogP contribution in [0.4, 0.5) is 11.5 Å². The highest BCUT2D eigenvalue weighted by molar-refractivity contribution is 7.10. The third-order valence-corrected chi connectivity index (χ3v) is 3.39. The summed E-state index contributed by atoms with van der Waals surface area (Å²) >= 11 is 1.62. The van der Waals surface area contributed by atoms with Gasteiger partial charge in [-0.1, -0.05) is 0 Å². The van der Waals surface area contributed by atoms with Gasteiger partial charge in [0.2, 0.25) is 5.82 Å². The molecule has 0 fully saturated rings. The first-order valence-corrected chi connectivity index (χ1v) is 5.92. The van der Waals surface area contributed by atoms with Crippen LogP contribution in [0.3, 0.4) is 0 Å². The standard InChI is InChI=1S/C11H11N3O2S/c1-8-4-6-17-10(8)7-13-11-9(14(15)16)3-2-5-12-11/h2-6H,7H2,1H3,(H,12,13). The van der Waals surface area contributed by atoms with Crippen molar-refractivity contribution in [1.29, 1.82) is 0 Å². The van der Waals surface area contributed by atoms with E-state index in [1.54, 1.807) is 17.4 Å². The Labute approximate surface area is 102 Å². The van der Waals surface area contributed by atoms with E-state index >= 15 is 0 Å². The van der Waals surface area contributed by atoms with Crippen LogP contribution in [0.15, 0.2) is 29.8 Å². The minimum atomic E-state index is -0.434. The van der Waals surface area contributed by atoms with E-state index in [1.165, 1.54) is 17.8 Å². The van der Waals surface area contributed by atoms with Crippen molar-refractivity contribution in [2.45, 2.75) is 13.5 Å². The Kier molecular flexibility index (Phi) is 3.34. The SMILES string of the molecule is Cc1ccsc1CNc1ncccc1[N+](=O)[O-]. The number of rotatable bonds is 4. The molecule has 0 saturated heterocycles. The van der Waals surface area contributed by atoms with E-state index in [4.69, 9.17) is 0 Å². The lowest BCUT2D eigenvalue weighted by Crippen LogP contribution is -2.03. The van der Waals surface area contributed by atoms with E-state index in [-0.39, 0.29) is 5.69 Å². The minimum Gasteiger partial charge on any atom is -0.359 e. The van der Waals surface area contributed by atoms with E-state index in [1.807, 2.05) is 18.4 Å². The molecule has 6 heteroatoms. The van der Waals surface area contributed by atoms with Crippen LogP contribution in [0.2, 0.25) is 0 Å². The second kappa shape index (κ2) is 4.92. The molecule has 0 saturated carbocycles. The molecule has 2 rings (SSSR count). The predicted octanol–water partition coefficient (Wildman–Crippen LogP) is 2.97. The van der Waals surface area contributed by atoms with Crippen molar-refractivity contribution >= 4 is 22.8 Å². The Morgan fingerprint density at radius 1 is 1.53 bits per heavy atom. The topological polar surface area (TPSA) is 68.1 Å². The highest BCUT2D eigenvalue weighted by Crippen LogP contribution is 2.22. The molecular formula is C11H11N3O2S. The average Bonchev–Trinajstić information content (AvgIpc) is 2.72. The molecule has 2 aromatic heterocycles. The Hall–Kier alpha value is -1.95.